The summed E-state index contributed by atoms with van der Waals surface area (Å²) in [6.07, 6.45) is 3.59. The van der Waals surface area contributed by atoms with Crippen LogP contribution in [0.25, 0.3) is 0 Å². The van der Waals surface area contributed by atoms with E-state index in [1.807, 2.05) is 0 Å². The Morgan fingerprint density at radius 2 is 1.86 bits per heavy atom. The number of hydrogen-bond acceptors (Lipinski definition) is 2. The van der Waals surface area contributed by atoms with Crippen molar-refractivity contribution in [1.82, 2.24) is 5.32 Å². The van der Waals surface area contributed by atoms with Gasteiger partial charge in [-0.05, 0) is 69.5 Å². The van der Waals surface area contributed by atoms with Crippen molar-refractivity contribution < 1.29 is 4.74 Å². The van der Waals surface area contributed by atoms with Crippen molar-refractivity contribution in [2.75, 3.05) is 13.2 Å². The Morgan fingerprint density at radius 1 is 1.14 bits per heavy atom. The van der Waals surface area contributed by atoms with E-state index in [4.69, 9.17) is 4.74 Å². The van der Waals surface area contributed by atoms with E-state index in [9.17, 15) is 0 Å². The molecule has 1 aromatic rings. The van der Waals surface area contributed by atoms with Crippen LogP contribution < -0.4 is 10.1 Å². The minimum absolute atomic E-state index is 0.210. The zero-order chi connectivity index (χ0) is 15.5. The van der Waals surface area contributed by atoms with Crippen LogP contribution in [0.4, 0.5) is 0 Å². The van der Waals surface area contributed by atoms with Crippen LogP contribution in [-0.2, 0) is 0 Å². The second-order valence-electron chi connectivity index (χ2n) is 8.17. The van der Waals surface area contributed by atoms with Crippen LogP contribution in [0.3, 0.4) is 0 Å². The van der Waals surface area contributed by atoms with Crippen LogP contribution >= 0.6 is 0 Å². The molecule has 0 bridgehead atoms. The number of rotatable bonds is 5. The van der Waals surface area contributed by atoms with Crippen LogP contribution in [0.2, 0.25) is 0 Å². The number of ether oxygens (including phenoxy) is 1. The molecule has 2 rings (SSSR count). The third kappa shape index (κ3) is 5.03. The molecule has 1 atom stereocenters. The molecule has 1 aromatic carbocycles. The quantitative estimate of drug-likeness (QED) is 0.844. The maximum absolute atomic E-state index is 5.78. The van der Waals surface area contributed by atoms with Gasteiger partial charge in [0.05, 0.1) is 6.61 Å². The summed E-state index contributed by atoms with van der Waals surface area (Å²) < 4.78 is 5.78. The molecule has 0 saturated carbocycles. The largest absolute Gasteiger partial charge is 0.493 e. The molecule has 21 heavy (non-hydrogen) atoms. The van der Waals surface area contributed by atoms with Crippen molar-refractivity contribution in [2.24, 2.45) is 5.41 Å². The van der Waals surface area contributed by atoms with Crippen molar-refractivity contribution in [1.29, 1.82) is 0 Å². The second kappa shape index (κ2) is 6.39. The van der Waals surface area contributed by atoms with Crippen LogP contribution in [0, 0.1) is 5.41 Å². The number of para-hydroxylation sites is 1. The predicted octanol–water partition coefficient (Wildman–Crippen LogP) is 4.75. The van der Waals surface area contributed by atoms with Gasteiger partial charge in [0.15, 0.2) is 0 Å². The summed E-state index contributed by atoms with van der Waals surface area (Å²) in [5.74, 6) is 1.73. The number of benzene rings is 1. The predicted molar refractivity (Wildman–Crippen MR) is 90.1 cm³/mol. The van der Waals surface area contributed by atoms with Crippen LogP contribution in [0.1, 0.15) is 65.4 Å². The summed E-state index contributed by atoms with van der Waals surface area (Å²) in [6, 6.07) is 8.55. The summed E-state index contributed by atoms with van der Waals surface area (Å²) in [7, 11) is 0. The lowest BCUT2D eigenvalue weighted by molar-refractivity contribution is 0.213. The van der Waals surface area contributed by atoms with E-state index >= 15 is 0 Å². The molecule has 1 heterocycles. The molecule has 0 fully saturated rings. The van der Waals surface area contributed by atoms with E-state index in [2.05, 4.69) is 64.2 Å². The van der Waals surface area contributed by atoms with Gasteiger partial charge in [-0.25, -0.2) is 0 Å². The highest BCUT2D eigenvalue weighted by atomic mass is 16.5. The van der Waals surface area contributed by atoms with E-state index in [1.165, 1.54) is 18.4 Å². The van der Waals surface area contributed by atoms with Crippen LogP contribution in [-0.4, -0.2) is 18.7 Å². The summed E-state index contributed by atoms with van der Waals surface area (Å²) in [4.78, 5) is 0. The van der Waals surface area contributed by atoms with Crippen molar-refractivity contribution >= 4 is 0 Å². The third-order valence-corrected chi connectivity index (χ3v) is 4.34. The summed E-state index contributed by atoms with van der Waals surface area (Å²) in [5, 5.41) is 3.61. The van der Waals surface area contributed by atoms with Gasteiger partial charge in [-0.2, -0.15) is 0 Å². The molecule has 118 valence electrons. The monoisotopic (exact) mass is 289 g/mol. The maximum atomic E-state index is 5.78. The van der Waals surface area contributed by atoms with E-state index in [1.54, 1.807) is 0 Å². The molecule has 0 amide bonds. The average Bonchev–Trinajstić information content (AvgIpc) is 2.37. The fourth-order valence-corrected chi connectivity index (χ4v) is 3.17. The standard InChI is InChI=1S/C19H31NO/c1-18(2,3)20-12-11-19(4,5)14-15-10-13-21-17-9-7-6-8-16(15)17/h6-9,15,20H,10-14H2,1-5H3. The van der Waals surface area contributed by atoms with Gasteiger partial charge < -0.3 is 10.1 Å². The molecule has 1 N–H and O–H groups in total. The third-order valence-electron chi connectivity index (χ3n) is 4.34. The van der Waals surface area contributed by atoms with E-state index < -0.39 is 0 Å². The molecule has 0 saturated heterocycles. The Hall–Kier alpha value is -1.02. The molecule has 1 aliphatic rings. The molecule has 0 aromatic heterocycles. The summed E-state index contributed by atoms with van der Waals surface area (Å²) >= 11 is 0. The molecule has 0 aliphatic carbocycles. The second-order valence-corrected chi connectivity index (χ2v) is 8.17. The molecule has 0 radical (unpaired) electrons. The van der Waals surface area contributed by atoms with Crippen molar-refractivity contribution in [2.45, 2.75) is 65.3 Å². The zero-order valence-electron chi connectivity index (χ0n) is 14.3. The van der Waals surface area contributed by atoms with Crippen molar-refractivity contribution in [3.05, 3.63) is 29.8 Å². The van der Waals surface area contributed by atoms with Gasteiger partial charge in [-0.3, -0.25) is 0 Å². The first-order valence-electron chi connectivity index (χ1n) is 8.24. The van der Waals surface area contributed by atoms with E-state index in [0.717, 1.165) is 25.3 Å². The molecule has 1 unspecified atom stereocenters. The lowest BCUT2D eigenvalue weighted by Gasteiger charge is -2.34. The normalized spacial score (nSPS) is 19.0. The lowest BCUT2D eigenvalue weighted by atomic mass is 9.76. The molecule has 2 nitrogen and oxygen atoms in total. The summed E-state index contributed by atoms with van der Waals surface area (Å²) in [6.45, 7) is 13.4. The zero-order valence-corrected chi connectivity index (χ0v) is 14.3. The van der Waals surface area contributed by atoms with E-state index in [0.29, 0.717) is 11.3 Å². The SMILES string of the molecule is CC(C)(CCNC(C)(C)C)CC1CCOc2ccccc21. The topological polar surface area (TPSA) is 21.3 Å². The molecular weight excluding hydrogens is 258 g/mol. The number of fused-ring (bicyclic) bond motifs is 1. The molecule has 0 spiro atoms. The molecular formula is C19H31NO. The highest BCUT2D eigenvalue weighted by Crippen LogP contribution is 2.41. The fraction of sp³-hybridized carbons (Fsp3) is 0.684. The molecule has 1 aliphatic heterocycles. The van der Waals surface area contributed by atoms with Gasteiger partial charge in [0.2, 0.25) is 0 Å². The van der Waals surface area contributed by atoms with Crippen LogP contribution in [0.5, 0.6) is 5.75 Å². The van der Waals surface area contributed by atoms with Gasteiger partial charge >= 0.3 is 0 Å². The first-order chi connectivity index (χ1) is 9.77. The highest BCUT2D eigenvalue weighted by molar-refractivity contribution is 5.37. The Bertz CT molecular complexity index is 459. The summed E-state index contributed by atoms with van der Waals surface area (Å²) in [5.41, 5.74) is 1.97. The molecule has 2 heteroatoms. The van der Waals surface area contributed by atoms with Crippen molar-refractivity contribution in [3.8, 4) is 5.75 Å². The smallest absolute Gasteiger partial charge is 0.122 e. The van der Waals surface area contributed by atoms with Gasteiger partial charge in [-0.1, -0.05) is 32.0 Å². The first-order valence-corrected chi connectivity index (χ1v) is 8.24. The minimum atomic E-state index is 0.210. The van der Waals surface area contributed by atoms with Crippen LogP contribution in [0.15, 0.2) is 24.3 Å². The fourth-order valence-electron chi connectivity index (χ4n) is 3.17. The Balaban J connectivity index is 1.94. The Labute approximate surface area is 130 Å². The minimum Gasteiger partial charge on any atom is -0.493 e. The van der Waals surface area contributed by atoms with Gasteiger partial charge in [-0.15, -0.1) is 0 Å². The average molecular weight is 289 g/mol. The first kappa shape index (κ1) is 16.4. The van der Waals surface area contributed by atoms with Gasteiger partial charge in [0, 0.05) is 5.54 Å². The van der Waals surface area contributed by atoms with E-state index in [-0.39, 0.29) is 5.54 Å². The maximum Gasteiger partial charge on any atom is 0.122 e. The highest BCUT2D eigenvalue weighted by Gasteiger charge is 2.28. The number of nitrogens with one attached hydrogen (secondary N) is 1. The number of hydrogen-bond donors (Lipinski definition) is 1. The Morgan fingerprint density at radius 3 is 2.57 bits per heavy atom. The lowest BCUT2D eigenvalue weighted by Crippen LogP contribution is -2.38. The van der Waals surface area contributed by atoms with Crippen molar-refractivity contribution in [3.63, 3.8) is 0 Å². The Kier molecular flexibility index (Phi) is 4.98. The van der Waals surface area contributed by atoms with Gasteiger partial charge in [0.25, 0.3) is 0 Å². The van der Waals surface area contributed by atoms with Gasteiger partial charge in [0.1, 0.15) is 5.75 Å².